The maximum Gasteiger partial charge on any atom is 0.305 e. The standard InChI is InChI=1S/C13H18ClN3O3/c1-17(8-4-6-12(19)20-2)9-11(18)16-10-5-3-7-15-13(10)14/h3,5,7H,4,6,8-9H2,1-2H3,(H,16,18). The van der Waals surface area contributed by atoms with Crippen molar-refractivity contribution in [2.45, 2.75) is 12.8 Å². The van der Waals surface area contributed by atoms with Crippen LogP contribution in [0.15, 0.2) is 18.3 Å². The highest BCUT2D eigenvalue weighted by molar-refractivity contribution is 6.32. The van der Waals surface area contributed by atoms with Gasteiger partial charge in [-0.05, 0) is 32.1 Å². The third kappa shape index (κ3) is 5.99. The van der Waals surface area contributed by atoms with Crippen molar-refractivity contribution in [2.24, 2.45) is 0 Å². The quantitative estimate of drug-likeness (QED) is 0.611. The average Bonchev–Trinajstić information content (AvgIpc) is 2.41. The van der Waals surface area contributed by atoms with E-state index in [0.717, 1.165) is 0 Å². The SMILES string of the molecule is COC(=O)CCCN(C)CC(=O)Nc1cccnc1Cl. The summed E-state index contributed by atoms with van der Waals surface area (Å²) in [6.45, 7) is 0.843. The van der Waals surface area contributed by atoms with E-state index >= 15 is 0 Å². The number of hydrogen-bond donors (Lipinski definition) is 1. The molecule has 0 atom stereocenters. The Morgan fingerprint density at radius 2 is 2.25 bits per heavy atom. The molecule has 7 heteroatoms. The lowest BCUT2D eigenvalue weighted by molar-refractivity contribution is -0.140. The highest BCUT2D eigenvalue weighted by atomic mass is 35.5. The summed E-state index contributed by atoms with van der Waals surface area (Å²) >= 11 is 5.85. The van der Waals surface area contributed by atoms with E-state index in [4.69, 9.17) is 11.6 Å². The summed E-state index contributed by atoms with van der Waals surface area (Å²) < 4.78 is 4.55. The number of aromatic nitrogens is 1. The van der Waals surface area contributed by atoms with E-state index in [-0.39, 0.29) is 23.6 Å². The Morgan fingerprint density at radius 1 is 1.50 bits per heavy atom. The first-order chi connectivity index (χ1) is 9.52. The Kier molecular flexibility index (Phi) is 6.97. The van der Waals surface area contributed by atoms with E-state index in [0.29, 0.717) is 25.1 Å². The maximum atomic E-state index is 11.8. The van der Waals surface area contributed by atoms with Crippen LogP contribution >= 0.6 is 11.6 Å². The maximum absolute atomic E-state index is 11.8. The molecule has 6 nitrogen and oxygen atoms in total. The van der Waals surface area contributed by atoms with Gasteiger partial charge in [-0.3, -0.25) is 14.5 Å². The van der Waals surface area contributed by atoms with Crippen LogP contribution in [0.4, 0.5) is 5.69 Å². The van der Waals surface area contributed by atoms with Gasteiger partial charge in [-0.2, -0.15) is 0 Å². The van der Waals surface area contributed by atoms with Gasteiger partial charge < -0.3 is 10.1 Å². The summed E-state index contributed by atoms with van der Waals surface area (Å²) in [7, 11) is 3.17. The zero-order valence-electron chi connectivity index (χ0n) is 11.6. The Morgan fingerprint density at radius 3 is 2.90 bits per heavy atom. The fourth-order valence-electron chi connectivity index (χ4n) is 1.59. The highest BCUT2D eigenvalue weighted by Gasteiger charge is 2.09. The molecule has 0 aliphatic heterocycles. The molecule has 0 aliphatic rings. The van der Waals surface area contributed by atoms with Gasteiger partial charge in [-0.1, -0.05) is 11.6 Å². The smallest absolute Gasteiger partial charge is 0.305 e. The molecule has 1 N–H and O–H groups in total. The third-order valence-electron chi connectivity index (χ3n) is 2.60. The number of pyridine rings is 1. The van der Waals surface area contributed by atoms with E-state index in [1.165, 1.54) is 7.11 Å². The van der Waals surface area contributed by atoms with E-state index in [1.54, 1.807) is 18.3 Å². The number of methoxy groups -OCH3 is 1. The molecule has 0 saturated carbocycles. The van der Waals surface area contributed by atoms with Gasteiger partial charge in [-0.25, -0.2) is 4.98 Å². The molecule has 1 heterocycles. The number of amides is 1. The third-order valence-corrected chi connectivity index (χ3v) is 2.90. The second kappa shape index (κ2) is 8.50. The molecule has 1 amide bonds. The van der Waals surface area contributed by atoms with Crippen LogP contribution in [0, 0.1) is 0 Å². The molecule has 0 fully saturated rings. The lowest BCUT2D eigenvalue weighted by atomic mass is 10.3. The fraction of sp³-hybridized carbons (Fsp3) is 0.462. The first-order valence-corrected chi connectivity index (χ1v) is 6.56. The molecule has 1 aromatic heterocycles. The first kappa shape index (κ1) is 16.4. The molecule has 0 aliphatic carbocycles. The monoisotopic (exact) mass is 299 g/mol. The molecule has 0 unspecified atom stereocenters. The second-order valence-corrected chi connectivity index (χ2v) is 4.67. The molecule has 110 valence electrons. The highest BCUT2D eigenvalue weighted by Crippen LogP contribution is 2.17. The zero-order valence-corrected chi connectivity index (χ0v) is 12.3. The van der Waals surface area contributed by atoms with E-state index in [9.17, 15) is 9.59 Å². The van der Waals surface area contributed by atoms with Crippen LogP contribution in [0.5, 0.6) is 0 Å². The summed E-state index contributed by atoms with van der Waals surface area (Å²) in [5, 5.41) is 2.94. The van der Waals surface area contributed by atoms with E-state index in [1.807, 2.05) is 11.9 Å². The number of esters is 1. The van der Waals surface area contributed by atoms with Gasteiger partial charge in [-0.15, -0.1) is 0 Å². The zero-order chi connectivity index (χ0) is 15.0. The summed E-state index contributed by atoms with van der Waals surface area (Å²) in [6.07, 6.45) is 2.54. The molecule has 20 heavy (non-hydrogen) atoms. The molecule has 0 saturated heterocycles. The summed E-state index contributed by atoms with van der Waals surface area (Å²) in [5.41, 5.74) is 0.488. The Bertz CT molecular complexity index is 468. The Hall–Kier alpha value is -1.66. The molecule has 0 spiro atoms. The van der Waals surface area contributed by atoms with Crippen LogP contribution in [-0.4, -0.2) is 49.0 Å². The van der Waals surface area contributed by atoms with Gasteiger partial charge >= 0.3 is 5.97 Å². The van der Waals surface area contributed by atoms with Crippen LogP contribution in [0.25, 0.3) is 0 Å². The molecular formula is C13H18ClN3O3. The van der Waals surface area contributed by atoms with Crippen LogP contribution in [0.3, 0.4) is 0 Å². The fourth-order valence-corrected chi connectivity index (χ4v) is 1.76. The predicted octanol–water partition coefficient (Wildman–Crippen LogP) is 1.56. The minimum absolute atomic E-state index is 0.180. The van der Waals surface area contributed by atoms with Crippen LogP contribution < -0.4 is 5.32 Å². The van der Waals surface area contributed by atoms with Crippen molar-refractivity contribution < 1.29 is 14.3 Å². The predicted molar refractivity (Wildman–Crippen MR) is 76.6 cm³/mol. The van der Waals surface area contributed by atoms with Gasteiger partial charge in [0.2, 0.25) is 5.91 Å². The minimum Gasteiger partial charge on any atom is -0.469 e. The van der Waals surface area contributed by atoms with Crippen molar-refractivity contribution in [1.82, 2.24) is 9.88 Å². The summed E-state index contributed by atoms with van der Waals surface area (Å²) in [4.78, 5) is 28.4. The number of ether oxygens (including phenoxy) is 1. The number of nitrogens with one attached hydrogen (secondary N) is 1. The van der Waals surface area contributed by atoms with Gasteiger partial charge in [0.1, 0.15) is 0 Å². The van der Waals surface area contributed by atoms with Crippen molar-refractivity contribution in [3.8, 4) is 0 Å². The van der Waals surface area contributed by atoms with Gasteiger partial charge in [0, 0.05) is 12.6 Å². The molecular weight excluding hydrogens is 282 g/mol. The number of carbonyl (C=O) groups excluding carboxylic acids is 2. The largest absolute Gasteiger partial charge is 0.469 e. The molecule has 1 rings (SSSR count). The van der Waals surface area contributed by atoms with E-state index in [2.05, 4.69) is 15.0 Å². The molecule has 0 aromatic carbocycles. The molecule has 0 radical (unpaired) electrons. The van der Waals surface area contributed by atoms with Gasteiger partial charge in [0.15, 0.2) is 5.15 Å². The number of nitrogens with zero attached hydrogens (tertiary/aromatic N) is 2. The van der Waals surface area contributed by atoms with Gasteiger partial charge in [0.25, 0.3) is 0 Å². The second-order valence-electron chi connectivity index (χ2n) is 4.31. The Labute approximate surface area is 123 Å². The summed E-state index contributed by atoms with van der Waals surface area (Å²) in [6, 6.07) is 3.38. The molecule has 1 aromatic rings. The van der Waals surface area contributed by atoms with Gasteiger partial charge in [0.05, 0.1) is 19.3 Å². The number of hydrogen-bond acceptors (Lipinski definition) is 5. The number of anilines is 1. The van der Waals surface area contributed by atoms with Crippen molar-refractivity contribution in [3.63, 3.8) is 0 Å². The van der Waals surface area contributed by atoms with Crippen molar-refractivity contribution in [1.29, 1.82) is 0 Å². The van der Waals surface area contributed by atoms with Crippen molar-refractivity contribution in [2.75, 3.05) is 32.6 Å². The lowest BCUT2D eigenvalue weighted by Crippen LogP contribution is -2.31. The van der Waals surface area contributed by atoms with Crippen molar-refractivity contribution >= 4 is 29.2 Å². The topological polar surface area (TPSA) is 71.5 Å². The minimum atomic E-state index is -0.245. The van der Waals surface area contributed by atoms with Crippen LogP contribution in [0.2, 0.25) is 5.15 Å². The average molecular weight is 300 g/mol. The van der Waals surface area contributed by atoms with Crippen LogP contribution in [0.1, 0.15) is 12.8 Å². The lowest BCUT2D eigenvalue weighted by Gasteiger charge is -2.16. The number of halogens is 1. The molecule has 0 bridgehead atoms. The number of carbonyl (C=O) groups is 2. The first-order valence-electron chi connectivity index (χ1n) is 6.18. The van der Waals surface area contributed by atoms with Crippen molar-refractivity contribution in [3.05, 3.63) is 23.5 Å². The number of likely N-dealkylation sites (N-methyl/N-ethyl adjacent to an activating group) is 1. The van der Waals surface area contributed by atoms with Crippen LogP contribution in [-0.2, 0) is 14.3 Å². The Balaban J connectivity index is 2.31. The normalized spacial score (nSPS) is 10.4. The number of rotatable bonds is 7. The summed E-state index contributed by atoms with van der Waals surface area (Å²) in [5.74, 6) is -0.425. The van der Waals surface area contributed by atoms with E-state index < -0.39 is 0 Å².